The third-order valence-electron chi connectivity index (χ3n) is 10.6. The number of carbonyl (C=O) groups excluding carboxylic acids is 7. The largest absolute Gasteiger partial charge is 0.481 e. The molecule has 526 valence electrons. The number of aldehydes is 3. The minimum Gasteiger partial charge on any atom is -0.481 e. The molecule has 0 aromatic heterocycles. The second-order valence-corrected chi connectivity index (χ2v) is 28.3. The van der Waals surface area contributed by atoms with Crippen LogP contribution in [0, 0.1) is 33.3 Å². The Balaban J connectivity index is -0.00000113. The number of nitrogens with two attached hydrogens (primary N) is 3. The summed E-state index contributed by atoms with van der Waals surface area (Å²) in [6.45, 7) is 11.3. The number of aliphatic carboxylic acids is 4. The summed E-state index contributed by atoms with van der Waals surface area (Å²) in [7, 11) is 3.38. The van der Waals surface area contributed by atoms with Gasteiger partial charge in [0.2, 0.25) is 6.41 Å². The number of alkyl halides is 1. The lowest BCUT2D eigenvalue weighted by molar-refractivity contribution is -0.134. The number of nitrogen functional groups attached to an aromatic ring is 2. The standard InChI is InChI=1S/C21H19OP.C14H14I3N3O2.C10H10O6.C8H4I3NO4.C4H4O3.C3H7NO.C3H7N.C2H3BrO2/c1-18(22)17-23(19-11-5-2-6-12-19,20-13-7-3-8-14-20)21-15-9-4-10-16-21;1-3-5-19-13(21)7-9(15)8(14(22)20-6-4-2)11(17)12(18)10(7)16;11-8(12)4-1-7(2-5-9(13)14)3-6-10(15)16;9-3-1(7(13)14)4(10)6(12)5(11)2(3)8(15)16;5-1-4(2-6)3-7;1-4(2)3-5;1-2-3-4;3-1-2(4)5/h2-17H,1H3;3-4H,1-2,5-6,18H2,(H,19,21)(H,20,22);1-7H,(H,11,12)(H,13,14)(H,15,16);12H2,(H,13,14)(H,15,16);1-4H;3H,1-2H3;2H,1,3-4H2;1H2,(H,4,5)/b;;4-1+,5-2+,6-3+;;;;;. The molecule has 5 aromatic rings. The van der Waals surface area contributed by atoms with E-state index in [1.807, 2.05) is 128 Å². The fourth-order valence-corrected chi connectivity index (χ4v) is 18.5. The summed E-state index contributed by atoms with van der Waals surface area (Å²) in [6.07, 6.45) is 12.4. The van der Waals surface area contributed by atoms with Crippen molar-refractivity contribution in [3.63, 3.8) is 0 Å². The Morgan fingerprint density at radius 1 is 0.510 bits per heavy atom. The van der Waals surface area contributed by atoms with Crippen molar-refractivity contribution in [2.75, 3.05) is 50.5 Å². The molecule has 14 N–H and O–H groups in total. The van der Waals surface area contributed by atoms with Crippen LogP contribution in [0.25, 0.3) is 0 Å². The highest BCUT2D eigenvalue weighted by atomic mass is 127. The van der Waals surface area contributed by atoms with Crippen LogP contribution in [-0.4, -0.2) is 159 Å². The summed E-state index contributed by atoms with van der Waals surface area (Å²) in [5.41, 5.74) is 18.0. The smallest absolute Gasteiger partial charge is 0.337 e. The van der Waals surface area contributed by atoms with Crippen LogP contribution in [0.3, 0.4) is 0 Å². The molecule has 0 heterocycles. The van der Waals surface area contributed by atoms with E-state index in [2.05, 4.69) is 82.7 Å². The molecule has 3 amide bonds. The number of hydrogen-bond donors (Lipinski definition) is 11. The van der Waals surface area contributed by atoms with Crippen molar-refractivity contribution < 1.29 is 93.0 Å². The Hall–Kier alpha value is -6.83. The maximum atomic E-state index is 12.3. The number of carboxylic acid groups (broad SMARTS) is 6. The van der Waals surface area contributed by atoms with E-state index in [4.69, 9.17) is 47.8 Å². The van der Waals surface area contributed by atoms with Crippen LogP contribution in [-0.2, 0) is 43.2 Å². The lowest BCUT2D eigenvalue weighted by Crippen LogP contribution is -2.30. The van der Waals surface area contributed by atoms with Gasteiger partial charge in [0.1, 0.15) is 30.1 Å². The normalized spacial score (nSPS) is 9.97. The molecular weight excluding hydrogens is 2040 g/mol. The van der Waals surface area contributed by atoms with Gasteiger partial charge in [0, 0.05) is 65.0 Å². The van der Waals surface area contributed by atoms with Crippen molar-refractivity contribution >= 4 is 270 Å². The zero-order valence-corrected chi connectivity index (χ0v) is 67.5. The molecule has 33 heteroatoms. The van der Waals surface area contributed by atoms with Crippen LogP contribution in [0.5, 0.6) is 0 Å². The molecule has 0 saturated heterocycles. The lowest BCUT2D eigenvalue weighted by Gasteiger charge is -2.28. The van der Waals surface area contributed by atoms with Gasteiger partial charge in [0.15, 0.2) is 5.78 Å². The maximum Gasteiger partial charge on any atom is 0.337 e. The first-order valence-electron chi connectivity index (χ1n) is 27.0. The zero-order chi connectivity index (χ0) is 75.8. The number of aromatic carboxylic acids is 2. The van der Waals surface area contributed by atoms with Crippen LogP contribution in [0.4, 0.5) is 11.4 Å². The Bertz CT molecular complexity index is 3480. The average molecular weight is 2110 g/mol. The van der Waals surface area contributed by atoms with Crippen LogP contribution in [0.15, 0.2) is 165 Å². The molecule has 0 fully saturated rings. The highest BCUT2D eigenvalue weighted by molar-refractivity contribution is 14.1. The van der Waals surface area contributed by atoms with Gasteiger partial charge in [-0.25, -0.2) is 24.0 Å². The van der Waals surface area contributed by atoms with Gasteiger partial charge in [-0.15, -0.1) is 19.7 Å². The third kappa shape index (κ3) is 36.3. The Morgan fingerprint density at radius 2 is 0.776 bits per heavy atom. The van der Waals surface area contributed by atoms with E-state index >= 15 is 0 Å². The van der Waals surface area contributed by atoms with E-state index in [9.17, 15) is 62.3 Å². The summed E-state index contributed by atoms with van der Waals surface area (Å²) in [4.78, 5) is 138. The number of nitrogens with zero attached hydrogens (tertiary/aromatic N) is 1. The average Bonchev–Trinajstić information content (AvgIpc) is 0.769. The van der Waals surface area contributed by atoms with Crippen molar-refractivity contribution in [2.24, 2.45) is 17.6 Å². The Labute approximate surface area is 655 Å². The molecule has 0 aliphatic rings. The number of amides is 3. The summed E-state index contributed by atoms with van der Waals surface area (Å²) in [5, 5.41) is 59.8. The van der Waals surface area contributed by atoms with Crippen molar-refractivity contribution in [3.8, 4) is 0 Å². The number of halogens is 7. The molecule has 0 aliphatic carbocycles. The molecule has 98 heavy (non-hydrogen) atoms. The Kier molecular flexibility index (Phi) is 52.6. The Morgan fingerprint density at radius 3 is 0.969 bits per heavy atom. The number of allylic oxidation sites excluding steroid dienone is 3. The predicted octanol–water partition coefficient (Wildman–Crippen LogP) is 8.79. The van der Waals surface area contributed by atoms with Gasteiger partial charge in [0.25, 0.3) is 11.8 Å². The highest BCUT2D eigenvalue weighted by Crippen LogP contribution is 2.43. The van der Waals surface area contributed by atoms with Crippen LogP contribution < -0.4 is 43.7 Å². The number of Topliss-reactive ketones (excluding diaryl/α,β-unsaturated/α-hetero) is 1. The first kappa shape index (κ1) is 95.4. The second kappa shape index (κ2) is 54.1. The minimum absolute atomic E-state index is 0.0347. The van der Waals surface area contributed by atoms with Crippen LogP contribution >= 0.6 is 158 Å². The number of rotatable bonds is 24. The van der Waals surface area contributed by atoms with Crippen LogP contribution in [0.1, 0.15) is 48.4 Å². The molecule has 0 atom stereocenters. The molecule has 0 radical (unpaired) electrons. The van der Waals surface area contributed by atoms with Crippen molar-refractivity contribution in [1.29, 1.82) is 0 Å². The topological polar surface area (TPSA) is 449 Å². The van der Waals surface area contributed by atoms with Crippen molar-refractivity contribution in [2.45, 2.75) is 6.92 Å². The van der Waals surface area contributed by atoms with E-state index in [-0.39, 0.29) is 43.3 Å². The fraction of sp³-hybridized carbons (Fsp3) is 0.138. The molecule has 0 aliphatic heterocycles. The molecule has 0 spiro atoms. The van der Waals surface area contributed by atoms with Gasteiger partial charge in [0.05, 0.1) is 47.9 Å². The van der Waals surface area contributed by atoms with E-state index in [0.29, 0.717) is 73.2 Å². The minimum atomic E-state index is -2.08. The number of hydrogen-bond acceptors (Lipinski definition) is 16. The van der Waals surface area contributed by atoms with Gasteiger partial charge in [-0.3, -0.25) is 24.0 Å². The van der Waals surface area contributed by atoms with Gasteiger partial charge in [-0.2, -0.15) is 0 Å². The fourth-order valence-electron chi connectivity index (χ4n) is 6.45. The van der Waals surface area contributed by atoms with Crippen molar-refractivity contribution in [1.82, 2.24) is 15.5 Å². The third-order valence-corrected chi connectivity index (χ3v) is 21.8. The molecule has 0 unspecified atom stereocenters. The number of nitrogens with one attached hydrogen (secondary N) is 2. The quantitative estimate of drug-likeness (QED) is 0.00401. The highest BCUT2D eigenvalue weighted by Gasteiger charge is 2.29. The molecule has 0 saturated carbocycles. The molecular formula is C65H68BrI6N6O19P. The SMILES string of the molecule is C=CCN.C=CCNC(=O)c1c(I)c(N)c(I)c(C(=O)NCC=C)c1I.CC(=O)C=P(c1ccccc1)(c1ccccc1)c1ccccc1.CN(C)C=O.Nc1c(I)c(C(=O)O)c(I)c(C(=O)O)c1I.O=C(O)/C=C/C(/C=C/C(=O)O)/C=C/C(=O)O.O=C(O)CBr.O=CC(C=O)C=O. The van der Waals surface area contributed by atoms with Gasteiger partial charge < -0.3 is 77.8 Å². The molecule has 25 nitrogen and oxygen atoms in total. The van der Waals surface area contributed by atoms with E-state index in [1.54, 1.807) is 107 Å². The predicted molar refractivity (Wildman–Crippen MR) is 435 cm³/mol. The van der Waals surface area contributed by atoms with Crippen LogP contribution in [0.2, 0.25) is 0 Å². The van der Waals surface area contributed by atoms with E-state index in [0.717, 1.165) is 24.6 Å². The second-order valence-electron chi connectivity index (χ2n) is 18.1. The van der Waals surface area contributed by atoms with Gasteiger partial charge in [-0.1, -0.05) is 143 Å². The first-order valence-corrected chi connectivity index (χ1v) is 36.4. The van der Waals surface area contributed by atoms with Gasteiger partial charge >= 0.3 is 35.8 Å². The van der Waals surface area contributed by atoms with Crippen molar-refractivity contribution in [3.05, 3.63) is 209 Å². The summed E-state index contributed by atoms with van der Waals surface area (Å²) >= 11 is 14.1. The number of carboxylic acids is 6. The van der Waals surface area contributed by atoms with Gasteiger partial charge in [-0.05, 0) is 171 Å². The van der Waals surface area contributed by atoms with E-state index < -0.39 is 54.5 Å². The summed E-state index contributed by atoms with van der Waals surface area (Å²) in [5.74, 6) is -7.05. The molecule has 5 rings (SSSR count). The first-order chi connectivity index (χ1) is 46.1. The summed E-state index contributed by atoms with van der Waals surface area (Å²) in [6, 6.07) is 31.1. The summed E-state index contributed by atoms with van der Waals surface area (Å²) < 4.78 is 2.76. The lowest BCUT2D eigenvalue weighted by atomic mass is 10.1. The monoisotopic (exact) mass is 2110 g/mol. The maximum absolute atomic E-state index is 12.3. The zero-order valence-electron chi connectivity index (χ0n) is 52.1. The number of anilines is 2. The molecule has 5 aromatic carbocycles. The molecule has 0 bridgehead atoms. The van der Waals surface area contributed by atoms with E-state index in [1.165, 1.54) is 39.0 Å². The number of benzene rings is 5. The number of carbonyl (C=O) groups is 13. The number of ketones is 1.